The van der Waals surface area contributed by atoms with Crippen molar-refractivity contribution >= 4 is 23.7 Å². The minimum atomic E-state index is -1.08. The highest BCUT2D eigenvalue weighted by molar-refractivity contribution is 5.95. The number of halogens is 3. The molecule has 0 aliphatic carbocycles. The van der Waals surface area contributed by atoms with Crippen LogP contribution in [0, 0.1) is 17.5 Å². The average molecular weight is 485 g/mol. The normalized spacial score (nSPS) is 11.6. The van der Waals surface area contributed by atoms with Gasteiger partial charge in [-0.25, -0.2) is 13.2 Å². The van der Waals surface area contributed by atoms with Crippen molar-refractivity contribution < 1.29 is 22.8 Å². The summed E-state index contributed by atoms with van der Waals surface area (Å²) in [5.74, 6) is -3.74. The molecule has 6 nitrogen and oxygen atoms in total. The first-order chi connectivity index (χ1) is 16.6. The topological polar surface area (TPSA) is 78.7 Å². The Labute approximate surface area is 202 Å². The zero-order valence-corrected chi connectivity index (χ0v) is 19.7. The molecule has 9 heteroatoms. The van der Waals surface area contributed by atoms with Crippen LogP contribution < -0.4 is 16.0 Å². The molecule has 0 saturated heterocycles. The summed E-state index contributed by atoms with van der Waals surface area (Å²) in [6.07, 6.45) is 0.723. The number of benzene rings is 3. The number of carbonyl (C=O) groups excluding carboxylic acids is 2. The van der Waals surface area contributed by atoms with E-state index in [1.54, 1.807) is 37.4 Å². The van der Waals surface area contributed by atoms with Gasteiger partial charge in [0.2, 0.25) is 6.41 Å². The molecule has 1 unspecified atom stereocenters. The Morgan fingerprint density at radius 3 is 2.26 bits per heavy atom. The Morgan fingerprint density at radius 1 is 1.03 bits per heavy atom. The first kappa shape index (κ1) is 25.6. The highest BCUT2D eigenvalue weighted by atomic mass is 19.1. The first-order valence-corrected chi connectivity index (χ1v) is 10.9. The molecule has 0 radical (unpaired) electrons. The van der Waals surface area contributed by atoms with Crippen molar-refractivity contribution in [2.24, 2.45) is 0 Å². The second kappa shape index (κ2) is 10.9. The number of nitrogen functional groups attached to an aromatic ring is 1. The van der Waals surface area contributed by atoms with Gasteiger partial charge in [-0.15, -0.1) is 0 Å². The van der Waals surface area contributed by atoms with Gasteiger partial charge >= 0.3 is 0 Å². The van der Waals surface area contributed by atoms with E-state index < -0.39 is 35.5 Å². The van der Waals surface area contributed by atoms with E-state index in [9.17, 15) is 22.8 Å². The largest absolute Gasteiger partial charge is 0.399 e. The summed E-state index contributed by atoms with van der Waals surface area (Å²) in [5, 5.41) is 2.48. The molecule has 0 bridgehead atoms. The summed E-state index contributed by atoms with van der Waals surface area (Å²) in [5.41, 5.74) is 8.74. The molecule has 0 saturated carbocycles. The Morgan fingerprint density at radius 2 is 1.66 bits per heavy atom. The molecule has 2 amide bonds. The third kappa shape index (κ3) is 6.11. The molecule has 0 aromatic heterocycles. The summed E-state index contributed by atoms with van der Waals surface area (Å²) in [6, 6.07) is 13.2. The fourth-order valence-electron chi connectivity index (χ4n) is 3.67. The summed E-state index contributed by atoms with van der Waals surface area (Å²) in [4.78, 5) is 27.6. The summed E-state index contributed by atoms with van der Waals surface area (Å²) in [7, 11) is 3.52. The van der Waals surface area contributed by atoms with Crippen LogP contribution in [-0.4, -0.2) is 31.3 Å². The van der Waals surface area contributed by atoms with Crippen molar-refractivity contribution in [2.45, 2.75) is 26.1 Å². The minimum Gasteiger partial charge on any atom is -0.399 e. The molecule has 35 heavy (non-hydrogen) atoms. The first-order valence-electron chi connectivity index (χ1n) is 10.9. The maximum Gasteiger partial charge on any atom is 0.251 e. The predicted octanol–water partition coefficient (Wildman–Crippen LogP) is 4.40. The van der Waals surface area contributed by atoms with E-state index >= 15 is 0 Å². The number of nitrogens with zero attached hydrogens (tertiary/aromatic N) is 2. The number of hydrogen-bond acceptors (Lipinski definition) is 4. The van der Waals surface area contributed by atoms with E-state index in [1.165, 1.54) is 4.90 Å². The summed E-state index contributed by atoms with van der Waals surface area (Å²) >= 11 is 0. The van der Waals surface area contributed by atoms with Crippen molar-refractivity contribution in [1.82, 2.24) is 10.2 Å². The van der Waals surface area contributed by atoms with Gasteiger partial charge in [-0.1, -0.05) is 18.2 Å². The van der Waals surface area contributed by atoms with E-state index in [0.29, 0.717) is 30.1 Å². The second-order valence-corrected chi connectivity index (χ2v) is 8.35. The third-order valence-corrected chi connectivity index (χ3v) is 5.86. The van der Waals surface area contributed by atoms with Gasteiger partial charge in [0, 0.05) is 61.8 Å². The number of carbonyl (C=O) groups is 2. The maximum atomic E-state index is 13.9. The van der Waals surface area contributed by atoms with Gasteiger partial charge in [0.25, 0.3) is 5.91 Å². The molecule has 184 valence electrons. The zero-order valence-electron chi connectivity index (χ0n) is 19.7. The number of amides is 2. The van der Waals surface area contributed by atoms with E-state index in [4.69, 9.17) is 5.73 Å². The third-order valence-electron chi connectivity index (χ3n) is 5.86. The van der Waals surface area contributed by atoms with Crippen molar-refractivity contribution in [1.29, 1.82) is 0 Å². The maximum absolute atomic E-state index is 13.9. The van der Waals surface area contributed by atoms with E-state index in [-0.39, 0.29) is 11.6 Å². The van der Waals surface area contributed by atoms with Crippen LogP contribution in [0.5, 0.6) is 0 Å². The van der Waals surface area contributed by atoms with Crippen molar-refractivity contribution in [3.63, 3.8) is 0 Å². The van der Waals surface area contributed by atoms with E-state index in [0.717, 1.165) is 17.5 Å². The highest BCUT2D eigenvalue weighted by Gasteiger charge is 2.20. The van der Waals surface area contributed by atoms with Gasteiger partial charge in [-0.3, -0.25) is 9.59 Å². The predicted molar refractivity (Wildman–Crippen MR) is 129 cm³/mol. The van der Waals surface area contributed by atoms with E-state index in [1.807, 2.05) is 31.0 Å². The Hall–Kier alpha value is -4.01. The number of nitrogens with two attached hydrogens (primary N) is 1. The van der Waals surface area contributed by atoms with E-state index in [2.05, 4.69) is 5.32 Å². The molecule has 3 aromatic rings. The molecule has 0 heterocycles. The number of hydrogen-bond donors (Lipinski definition) is 2. The minimum absolute atomic E-state index is 0.261. The highest BCUT2D eigenvalue weighted by Crippen LogP contribution is 2.31. The molecule has 0 aliphatic heterocycles. The van der Waals surface area contributed by atoms with Crippen LogP contribution in [0.2, 0.25) is 0 Å². The molecule has 3 rings (SSSR count). The van der Waals surface area contributed by atoms with Crippen LogP contribution in [-0.2, 0) is 17.9 Å². The van der Waals surface area contributed by atoms with Gasteiger partial charge in [-0.2, -0.15) is 0 Å². The fraction of sp³-hybridized carbons (Fsp3) is 0.231. The molecular weight excluding hydrogens is 457 g/mol. The van der Waals surface area contributed by atoms with Crippen LogP contribution in [0.1, 0.15) is 40.0 Å². The summed E-state index contributed by atoms with van der Waals surface area (Å²) in [6.45, 7) is 1.92. The van der Waals surface area contributed by atoms with Crippen molar-refractivity contribution in [2.75, 3.05) is 24.7 Å². The van der Waals surface area contributed by atoms with Gasteiger partial charge in [0.15, 0.2) is 0 Å². The zero-order chi connectivity index (χ0) is 25.7. The Balaban J connectivity index is 1.89. The summed E-state index contributed by atoms with van der Waals surface area (Å²) < 4.78 is 41.0. The Kier molecular flexibility index (Phi) is 8.01. The molecule has 3 aromatic carbocycles. The quantitative estimate of drug-likeness (QED) is 0.349. The number of rotatable bonds is 9. The lowest BCUT2D eigenvalue weighted by molar-refractivity contribution is -0.118. The lowest BCUT2D eigenvalue weighted by Crippen LogP contribution is -2.27. The van der Waals surface area contributed by atoms with Crippen LogP contribution >= 0.6 is 0 Å². The molecule has 1 atom stereocenters. The lowest BCUT2D eigenvalue weighted by Gasteiger charge is -2.29. The smallest absolute Gasteiger partial charge is 0.251 e. The van der Waals surface area contributed by atoms with Crippen LogP contribution in [0.4, 0.5) is 24.5 Å². The number of nitrogens with one attached hydrogen (secondary N) is 1. The Bertz CT molecular complexity index is 1190. The second-order valence-electron chi connectivity index (χ2n) is 8.35. The van der Waals surface area contributed by atoms with Gasteiger partial charge < -0.3 is 20.9 Å². The SMILES string of the molecule is CC(c1ccc(C(=O)NCc2c(F)cc(F)cc2F)cc1N(C)Cc1ccc(N)cc1)N(C)C=O. The van der Waals surface area contributed by atoms with Crippen LogP contribution in [0.25, 0.3) is 0 Å². The number of anilines is 2. The van der Waals surface area contributed by atoms with Crippen molar-refractivity contribution in [3.8, 4) is 0 Å². The monoisotopic (exact) mass is 484 g/mol. The molecule has 3 N–H and O–H groups in total. The molecule has 0 spiro atoms. The van der Waals surface area contributed by atoms with Gasteiger partial charge in [0.1, 0.15) is 17.5 Å². The van der Waals surface area contributed by atoms with Gasteiger partial charge in [0.05, 0.1) is 6.04 Å². The van der Waals surface area contributed by atoms with Gasteiger partial charge in [-0.05, 0) is 42.3 Å². The standard InChI is InChI=1S/C26H27F3N4O2/c1-16(33(3)15-34)21-9-6-18(10-25(21)32(2)14-17-4-7-20(30)8-5-17)26(35)31-13-22-23(28)11-19(27)12-24(22)29/h4-12,15-16H,13-14,30H2,1-3H3,(H,31,35). The molecule has 0 aliphatic rings. The molecular formula is C26H27F3N4O2. The van der Waals surface area contributed by atoms with Crippen molar-refractivity contribution in [3.05, 3.63) is 94.3 Å². The molecule has 0 fully saturated rings. The van der Waals surface area contributed by atoms with Crippen LogP contribution in [0.3, 0.4) is 0 Å². The fourth-order valence-corrected chi connectivity index (χ4v) is 3.67. The lowest BCUT2D eigenvalue weighted by atomic mass is 10.0. The van der Waals surface area contributed by atoms with Crippen LogP contribution in [0.15, 0.2) is 54.6 Å². The average Bonchev–Trinajstić information content (AvgIpc) is 2.83.